The van der Waals surface area contributed by atoms with Crippen LogP contribution in [0.5, 0.6) is 0 Å². The largest absolute Gasteiger partial charge is 0.476 e. The summed E-state index contributed by atoms with van der Waals surface area (Å²) in [5.74, 6) is -0.447. The van der Waals surface area contributed by atoms with Gasteiger partial charge in [-0.2, -0.15) is 0 Å². The lowest BCUT2D eigenvalue weighted by Gasteiger charge is -2.13. The molecule has 0 amide bonds. The molecule has 0 fully saturated rings. The van der Waals surface area contributed by atoms with Crippen LogP contribution in [0.4, 0.5) is 0 Å². The molecule has 0 aromatic carbocycles. The van der Waals surface area contributed by atoms with Gasteiger partial charge >= 0.3 is 5.97 Å². The lowest BCUT2D eigenvalue weighted by atomic mass is 10.0. The van der Waals surface area contributed by atoms with E-state index in [9.17, 15) is 4.79 Å². The van der Waals surface area contributed by atoms with Gasteiger partial charge in [0.05, 0.1) is 18.1 Å². The first-order valence-electron chi connectivity index (χ1n) is 5.86. The fourth-order valence-corrected chi connectivity index (χ4v) is 2.22. The molecule has 6 nitrogen and oxygen atoms in total. The van der Waals surface area contributed by atoms with Gasteiger partial charge in [-0.15, -0.1) is 0 Å². The van der Waals surface area contributed by atoms with Gasteiger partial charge in [-0.3, -0.25) is 4.57 Å². The summed E-state index contributed by atoms with van der Waals surface area (Å²) in [6.45, 7) is 0. The summed E-state index contributed by atoms with van der Waals surface area (Å²) >= 11 is 0. The van der Waals surface area contributed by atoms with Crippen LogP contribution in [0.1, 0.15) is 34.7 Å². The number of fused-ring (bicyclic) bond motifs is 1. The molecule has 3 rings (SSSR count). The van der Waals surface area contributed by atoms with E-state index in [1.807, 2.05) is 4.57 Å². The van der Waals surface area contributed by atoms with Crippen molar-refractivity contribution in [2.24, 2.45) is 0 Å². The lowest BCUT2D eigenvalue weighted by molar-refractivity contribution is 0.0690. The SMILES string of the molecule is O=C(O)c1cnc(-n2cnc3c2CCCC3)cn1. The van der Waals surface area contributed by atoms with Gasteiger partial charge in [0, 0.05) is 5.69 Å². The monoisotopic (exact) mass is 244 g/mol. The first-order chi connectivity index (χ1) is 8.75. The summed E-state index contributed by atoms with van der Waals surface area (Å²) in [7, 11) is 0. The Hall–Kier alpha value is -2.24. The molecule has 0 saturated heterocycles. The van der Waals surface area contributed by atoms with Crippen LogP contribution in [0.15, 0.2) is 18.7 Å². The third kappa shape index (κ3) is 1.75. The van der Waals surface area contributed by atoms with E-state index < -0.39 is 5.97 Å². The standard InChI is InChI=1S/C12H12N4O2/c17-12(18)9-5-14-11(6-13-9)16-7-15-8-3-1-2-4-10(8)16/h5-7H,1-4H2,(H,17,18). The molecule has 0 aliphatic heterocycles. The predicted molar refractivity (Wildman–Crippen MR) is 62.8 cm³/mol. The molecule has 0 bridgehead atoms. The number of aromatic carboxylic acids is 1. The van der Waals surface area contributed by atoms with E-state index >= 15 is 0 Å². The molecule has 1 aliphatic carbocycles. The van der Waals surface area contributed by atoms with Crippen molar-refractivity contribution >= 4 is 5.97 Å². The van der Waals surface area contributed by atoms with Crippen LogP contribution < -0.4 is 0 Å². The Morgan fingerprint density at radius 2 is 2.00 bits per heavy atom. The molecule has 0 unspecified atom stereocenters. The summed E-state index contributed by atoms with van der Waals surface area (Å²) in [6.07, 6.45) is 8.79. The highest BCUT2D eigenvalue weighted by atomic mass is 16.4. The smallest absolute Gasteiger partial charge is 0.356 e. The molecule has 18 heavy (non-hydrogen) atoms. The molecule has 0 atom stereocenters. The second-order valence-corrected chi connectivity index (χ2v) is 4.28. The zero-order valence-corrected chi connectivity index (χ0v) is 9.70. The van der Waals surface area contributed by atoms with Crippen molar-refractivity contribution in [2.45, 2.75) is 25.7 Å². The third-order valence-corrected chi connectivity index (χ3v) is 3.13. The Morgan fingerprint density at radius 1 is 1.17 bits per heavy atom. The van der Waals surface area contributed by atoms with Crippen LogP contribution >= 0.6 is 0 Å². The van der Waals surface area contributed by atoms with Gasteiger partial charge in [-0.1, -0.05) is 0 Å². The topological polar surface area (TPSA) is 80.9 Å². The molecular formula is C12H12N4O2. The summed E-state index contributed by atoms with van der Waals surface area (Å²) in [4.78, 5) is 23.1. The van der Waals surface area contributed by atoms with E-state index in [0.29, 0.717) is 5.82 Å². The van der Waals surface area contributed by atoms with Gasteiger partial charge in [-0.05, 0) is 25.7 Å². The quantitative estimate of drug-likeness (QED) is 0.859. The second-order valence-electron chi connectivity index (χ2n) is 4.28. The average Bonchev–Trinajstić information content (AvgIpc) is 2.82. The van der Waals surface area contributed by atoms with Crippen LogP contribution in [0.3, 0.4) is 0 Å². The van der Waals surface area contributed by atoms with Gasteiger partial charge in [0.25, 0.3) is 0 Å². The molecule has 92 valence electrons. The highest BCUT2D eigenvalue weighted by Gasteiger charge is 2.17. The highest BCUT2D eigenvalue weighted by Crippen LogP contribution is 2.21. The summed E-state index contributed by atoms with van der Waals surface area (Å²) in [5.41, 5.74) is 2.23. The second kappa shape index (κ2) is 4.21. The van der Waals surface area contributed by atoms with E-state index in [-0.39, 0.29) is 5.69 Å². The van der Waals surface area contributed by atoms with Crippen LogP contribution in [0.25, 0.3) is 5.82 Å². The van der Waals surface area contributed by atoms with Gasteiger partial charge in [0.2, 0.25) is 0 Å². The number of rotatable bonds is 2. The van der Waals surface area contributed by atoms with Crippen LogP contribution in [0.2, 0.25) is 0 Å². The minimum Gasteiger partial charge on any atom is -0.476 e. The number of carboxylic acids is 1. The Labute approximate surface area is 103 Å². The number of hydrogen-bond donors (Lipinski definition) is 1. The lowest BCUT2D eigenvalue weighted by Crippen LogP contribution is -2.09. The molecule has 2 aromatic heterocycles. The van der Waals surface area contributed by atoms with Crippen LogP contribution in [-0.2, 0) is 12.8 Å². The average molecular weight is 244 g/mol. The maximum absolute atomic E-state index is 10.7. The van der Waals surface area contributed by atoms with Gasteiger partial charge < -0.3 is 5.11 Å². The summed E-state index contributed by atoms with van der Waals surface area (Å²) in [5, 5.41) is 8.78. The Balaban J connectivity index is 1.99. The maximum Gasteiger partial charge on any atom is 0.356 e. The van der Waals surface area contributed by atoms with Gasteiger partial charge in [0.15, 0.2) is 11.5 Å². The zero-order valence-electron chi connectivity index (χ0n) is 9.70. The van der Waals surface area contributed by atoms with Crippen molar-refractivity contribution in [1.82, 2.24) is 19.5 Å². The first kappa shape index (κ1) is 10.9. The number of aromatic nitrogens is 4. The molecule has 6 heteroatoms. The van der Waals surface area contributed by atoms with Crippen LogP contribution in [0, 0.1) is 0 Å². The van der Waals surface area contributed by atoms with Crippen molar-refractivity contribution in [3.63, 3.8) is 0 Å². The molecule has 0 spiro atoms. The number of carbonyl (C=O) groups is 1. The molecule has 2 aromatic rings. The van der Waals surface area contributed by atoms with E-state index in [1.54, 1.807) is 6.33 Å². The molecule has 0 saturated carbocycles. The molecule has 1 aliphatic rings. The zero-order chi connectivity index (χ0) is 12.5. The minimum atomic E-state index is -1.07. The number of hydrogen-bond acceptors (Lipinski definition) is 4. The van der Waals surface area contributed by atoms with Crippen LogP contribution in [-0.4, -0.2) is 30.6 Å². The molecule has 0 radical (unpaired) electrons. The number of imidazole rings is 1. The summed E-state index contributed by atoms with van der Waals surface area (Å²) < 4.78 is 1.90. The number of carboxylic acid groups (broad SMARTS) is 1. The highest BCUT2D eigenvalue weighted by molar-refractivity contribution is 5.84. The minimum absolute atomic E-state index is 0.0484. The third-order valence-electron chi connectivity index (χ3n) is 3.13. The van der Waals surface area contributed by atoms with Crippen molar-refractivity contribution in [3.8, 4) is 5.82 Å². The van der Waals surface area contributed by atoms with Crippen molar-refractivity contribution in [1.29, 1.82) is 0 Å². The first-order valence-corrected chi connectivity index (χ1v) is 5.86. The molecular weight excluding hydrogens is 232 g/mol. The maximum atomic E-state index is 10.7. The van der Waals surface area contributed by atoms with Gasteiger partial charge in [-0.25, -0.2) is 19.7 Å². The summed E-state index contributed by atoms with van der Waals surface area (Å²) in [6, 6.07) is 0. The van der Waals surface area contributed by atoms with Crippen molar-refractivity contribution < 1.29 is 9.90 Å². The van der Waals surface area contributed by atoms with Crippen molar-refractivity contribution in [2.75, 3.05) is 0 Å². The number of aryl methyl sites for hydroxylation is 1. The Kier molecular flexibility index (Phi) is 2.55. The Bertz CT molecular complexity index is 589. The normalized spacial score (nSPS) is 14.2. The fraction of sp³-hybridized carbons (Fsp3) is 0.333. The van der Waals surface area contributed by atoms with E-state index in [1.165, 1.54) is 24.5 Å². The molecule has 2 heterocycles. The predicted octanol–water partition coefficient (Wildman–Crippen LogP) is 1.24. The van der Waals surface area contributed by atoms with E-state index in [4.69, 9.17) is 5.11 Å². The number of nitrogens with zero attached hydrogens (tertiary/aromatic N) is 4. The molecule has 1 N–H and O–H groups in total. The van der Waals surface area contributed by atoms with Gasteiger partial charge in [0.1, 0.15) is 6.33 Å². The van der Waals surface area contributed by atoms with Crippen molar-refractivity contribution in [3.05, 3.63) is 35.8 Å². The Morgan fingerprint density at radius 3 is 2.72 bits per heavy atom. The van der Waals surface area contributed by atoms with E-state index in [0.717, 1.165) is 25.0 Å². The fourth-order valence-electron chi connectivity index (χ4n) is 2.22. The van der Waals surface area contributed by atoms with E-state index in [2.05, 4.69) is 15.0 Å².